The number of nitrogens with zero attached hydrogens (tertiary/aromatic N) is 11. The van der Waals surface area contributed by atoms with Crippen LogP contribution in [0.15, 0.2) is 174 Å². The molecular formula is C60H59N13O2. The molecule has 14 rings (SSSR count). The Kier molecular flexibility index (Phi) is 12.3. The molecule has 4 atom stereocenters. The maximum atomic E-state index is 13.7. The number of anilines is 6. The molecule has 75 heavy (non-hydrogen) atoms. The van der Waals surface area contributed by atoms with E-state index in [2.05, 4.69) is 98.2 Å². The van der Waals surface area contributed by atoms with E-state index in [-0.39, 0.29) is 43.4 Å². The second-order valence-electron chi connectivity index (χ2n) is 19.8. The van der Waals surface area contributed by atoms with Crippen LogP contribution in [0.3, 0.4) is 0 Å². The zero-order chi connectivity index (χ0) is 49.9. The van der Waals surface area contributed by atoms with Crippen LogP contribution >= 0.6 is 0 Å². The molecular weight excluding hydrogens is 935 g/mol. The molecule has 5 aromatic carbocycles. The maximum Gasteiger partial charge on any atom is 0.267 e. The highest BCUT2D eigenvalue weighted by Gasteiger charge is 2.51. The van der Waals surface area contributed by atoms with Crippen molar-refractivity contribution in [3.63, 3.8) is 0 Å². The van der Waals surface area contributed by atoms with Gasteiger partial charge in [-0.1, -0.05) is 129 Å². The molecule has 15 heteroatoms. The van der Waals surface area contributed by atoms with Gasteiger partial charge in [-0.05, 0) is 97.2 Å². The number of nitrogens with one attached hydrogen (secondary N) is 2. The number of carbonyl (C=O) groups is 2. The van der Waals surface area contributed by atoms with E-state index < -0.39 is 0 Å². The molecule has 376 valence electrons. The predicted molar refractivity (Wildman–Crippen MR) is 297 cm³/mol. The van der Waals surface area contributed by atoms with Crippen LogP contribution in [-0.4, -0.2) is 96.3 Å². The number of carbonyl (C=O) groups excluding carboxylic acids is 2. The number of para-hydroxylation sites is 2. The summed E-state index contributed by atoms with van der Waals surface area (Å²) in [6.07, 6.45) is 8.34. The van der Waals surface area contributed by atoms with Gasteiger partial charge in [0.1, 0.15) is 22.8 Å². The van der Waals surface area contributed by atoms with E-state index in [1.807, 2.05) is 108 Å². The van der Waals surface area contributed by atoms with E-state index in [0.717, 1.165) is 90.0 Å². The number of hydrogen-bond acceptors (Lipinski definition) is 11. The first-order chi connectivity index (χ1) is 36.3. The van der Waals surface area contributed by atoms with E-state index in [0.29, 0.717) is 41.7 Å². The SMILES string of the molecule is C.CN1C(=O)c2c(nn(Cc3ccc(-c4ccccc4)cc3)c2Nc2ccccc2)N2C1=N[C@@H]1CCC[C@@H]12.CN1C(=O)c2c(nn(Cc3ccc(-c4ccccn4)cc3)c2Nc2ccccc2)N2C1=N[C@@H]1CCC[C@@H]12. The van der Waals surface area contributed by atoms with Gasteiger partial charge in [0.25, 0.3) is 11.8 Å². The summed E-state index contributed by atoms with van der Waals surface area (Å²) >= 11 is 0. The molecule has 0 radical (unpaired) electrons. The lowest BCUT2D eigenvalue weighted by Gasteiger charge is -2.34. The molecule has 8 aromatic rings. The van der Waals surface area contributed by atoms with E-state index in [9.17, 15) is 9.59 Å². The summed E-state index contributed by atoms with van der Waals surface area (Å²) in [5.41, 5.74) is 9.61. The molecule has 0 saturated heterocycles. The minimum Gasteiger partial charge on any atom is -0.340 e. The first-order valence-corrected chi connectivity index (χ1v) is 25.7. The fourth-order valence-electron chi connectivity index (χ4n) is 11.5. The zero-order valence-electron chi connectivity index (χ0n) is 41.3. The molecule has 2 aliphatic carbocycles. The van der Waals surface area contributed by atoms with Gasteiger partial charge in [-0.25, -0.2) is 19.3 Å². The van der Waals surface area contributed by atoms with Crippen molar-refractivity contribution in [2.24, 2.45) is 9.98 Å². The zero-order valence-corrected chi connectivity index (χ0v) is 41.3. The molecule has 0 unspecified atom stereocenters. The van der Waals surface area contributed by atoms with Crippen LogP contribution in [0.4, 0.5) is 34.6 Å². The van der Waals surface area contributed by atoms with Crippen molar-refractivity contribution in [2.75, 3.05) is 34.5 Å². The Morgan fingerprint density at radius 2 is 0.920 bits per heavy atom. The summed E-state index contributed by atoms with van der Waals surface area (Å²) < 4.78 is 3.86. The number of benzene rings is 5. The van der Waals surface area contributed by atoms with Gasteiger partial charge in [0.15, 0.2) is 11.6 Å². The lowest BCUT2D eigenvalue weighted by Crippen LogP contribution is -2.51. The standard InChI is InChI=1S/C30H28N6O.C29H27N7O.CH4/c1-34-29(37)26-27(31-23-11-6-3-7-12-23)35(33-28(26)36-25-14-8-13-24(25)32-30(34)36)19-20-15-17-22(18-16-20)21-9-4-2-5-10-21;1-34-28(37)25-26(31-21-8-3-2-4-9-21)35(33-27(25)36-24-12-7-11-23(24)32-29(34)36)18-19-13-15-20(16-14-19)22-10-5-6-17-30-22;/h2-7,9-12,15-18,24-25,31H,8,13-14,19H2,1H3;2-6,8-10,13-17,23-24,31H,7,11-12,18H2,1H3;1H4/t24-,25+;23-,24+;/m11./s1. The maximum absolute atomic E-state index is 13.7. The van der Waals surface area contributed by atoms with Crippen molar-refractivity contribution >= 4 is 58.4 Å². The molecule has 3 aromatic heterocycles. The van der Waals surface area contributed by atoms with Crippen LogP contribution in [0.2, 0.25) is 0 Å². The number of rotatable bonds is 10. The fourth-order valence-corrected chi connectivity index (χ4v) is 11.5. The van der Waals surface area contributed by atoms with Gasteiger partial charge in [0, 0.05) is 37.2 Å². The smallest absolute Gasteiger partial charge is 0.267 e. The van der Waals surface area contributed by atoms with Crippen LogP contribution in [0, 0.1) is 0 Å². The highest BCUT2D eigenvalue weighted by atomic mass is 16.2. The molecule has 2 N–H and O–H groups in total. The lowest BCUT2D eigenvalue weighted by atomic mass is 10.0. The van der Waals surface area contributed by atoms with Crippen molar-refractivity contribution < 1.29 is 9.59 Å². The second-order valence-corrected chi connectivity index (χ2v) is 19.8. The Morgan fingerprint density at radius 3 is 1.37 bits per heavy atom. The third-order valence-electron chi connectivity index (χ3n) is 15.2. The van der Waals surface area contributed by atoms with Gasteiger partial charge in [0.05, 0.1) is 43.0 Å². The molecule has 2 fully saturated rings. The predicted octanol–water partition coefficient (Wildman–Crippen LogP) is 11.1. The van der Waals surface area contributed by atoms with E-state index in [1.54, 1.807) is 16.0 Å². The van der Waals surface area contributed by atoms with Gasteiger partial charge in [0.2, 0.25) is 11.9 Å². The summed E-state index contributed by atoms with van der Waals surface area (Å²) in [6, 6.07) is 54.1. The molecule has 7 heterocycles. The Morgan fingerprint density at radius 1 is 0.493 bits per heavy atom. The largest absolute Gasteiger partial charge is 0.340 e. The van der Waals surface area contributed by atoms with E-state index >= 15 is 0 Å². The number of hydrogen-bond donors (Lipinski definition) is 2. The van der Waals surface area contributed by atoms with Gasteiger partial charge in [-0.15, -0.1) is 0 Å². The third-order valence-corrected chi connectivity index (χ3v) is 15.2. The number of aliphatic imine (C=N–C) groups is 2. The molecule has 2 amide bonds. The Labute approximate surface area is 436 Å². The summed E-state index contributed by atoms with van der Waals surface area (Å²) in [5, 5.41) is 17.1. The van der Waals surface area contributed by atoms with E-state index in [4.69, 9.17) is 20.2 Å². The first kappa shape index (κ1) is 47.2. The van der Waals surface area contributed by atoms with Crippen LogP contribution in [0.25, 0.3) is 22.4 Å². The highest BCUT2D eigenvalue weighted by Crippen LogP contribution is 2.45. The molecule has 2 saturated carbocycles. The Bertz CT molecular complexity index is 3220. The topological polar surface area (TPSA) is 144 Å². The first-order valence-electron chi connectivity index (χ1n) is 25.7. The van der Waals surface area contributed by atoms with Crippen molar-refractivity contribution in [3.05, 3.63) is 186 Å². The van der Waals surface area contributed by atoms with Gasteiger partial charge < -0.3 is 10.6 Å². The Hall–Kier alpha value is -8.85. The fraction of sp³-hybridized carbons (Fsp3) is 0.250. The number of aromatic nitrogens is 5. The number of amides is 2. The monoisotopic (exact) mass is 993 g/mol. The van der Waals surface area contributed by atoms with Crippen molar-refractivity contribution in [3.8, 4) is 22.4 Å². The number of fused-ring (bicyclic) bond motifs is 10. The highest BCUT2D eigenvalue weighted by molar-refractivity contribution is 6.22. The minimum atomic E-state index is -0.0832. The summed E-state index contributed by atoms with van der Waals surface area (Å²) in [4.78, 5) is 49.4. The average molecular weight is 994 g/mol. The minimum absolute atomic E-state index is 0. The van der Waals surface area contributed by atoms with E-state index in [1.165, 1.54) is 11.1 Å². The van der Waals surface area contributed by atoms with Gasteiger partial charge in [-0.2, -0.15) is 10.2 Å². The van der Waals surface area contributed by atoms with Crippen LogP contribution < -0.4 is 20.4 Å². The quantitative estimate of drug-likeness (QED) is 0.137. The summed E-state index contributed by atoms with van der Waals surface area (Å²) in [5.74, 6) is 4.14. The summed E-state index contributed by atoms with van der Waals surface area (Å²) in [6.45, 7) is 1.07. The van der Waals surface area contributed by atoms with Gasteiger partial charge >= 0.3 is 0 Å². The van der Waals surface area contributed by atoms with Crippen molar-refractivity contribution in [1.29, 1.82) is 0 Å². The normalized spacial score (nSPS) is 19.7. The van der Waals surface area contributed by atoms with Crippen LogP contribution in [-0.2, 0) is 13.1 Å². The molecule has 15 nitrogen and oxygen atoms in total. The number of guanidine groups is 2. The summed E-state index contributed by atoms with van der Waals surface area (Å²) in [7, 11) is 3.64. The van der Waals surface area contributed by atoms with Crippen molar-refractivity contribution in [2.45, 2.75) is 83.2 Å². The Balaban J connectivity index is 0.000000150. The number of pyridine rings is 1. The van der Waals surface area contributed by atoms with Crippen LogP contribution in [0.5, 0.6) is 0 Å². The van der Waals surface area contributed by atoms with Crippen LogP contribution in [0.1, 0.15) is 77.8 Å². The lowest BCUT2D eigenvalue weighted by molar-refractivity contribution is 0.0857. The molecule has 0 bridgehead atoms. The van der Waals surface area contributed by atoms with Gasteiger partial charge in [-0.3, -0.25) is 34.2 Å². The third kappa shape index (κ3) is 8.47. The van der Waals surface area contributed by atoms with Crippen molar-refractivity contribution in [1.82, 2.24) is 34.3 Å². The average Bonchev–Trinajstić information content (AvgIpc) is 4.40. The second kappa shape index (κ2) is 19.5. The molecule has 0 spiro atoms. The molecule has 6 aliphatic rings. The molecule has 4 aliphatic heterocycles.